The zero-order valence-electron chi connectivity index (χ0n) is 18.6. The molecule has 0 saturated heterocycles. The van der Waals surface area contributed by atoms with E-state index >= 15 is 0 Å². The number of rotatable bonds is 8. The second-order valence-corrected chi connectivity index (χ2v) is 8.03. The predicted octanol–water partition coefficient (Wildman–Crippen LogP) is 5.51. The Hall–Kier alpha value is -3.37. The average molecular weight is 416 g/mol. The van der Waals surface area contributed by atoms with E-state index in [1.54, 1.807) is 24.3 Å². The number of nitrogens with zero attached hydrogens (tertiary/aromatic N) is 1. The van der Waals surface area contributed by atoms with Gasteiger partial charge in [-0.05, 0) is 75.0 Å². The second-order valence-electron chi connectivity index (χ2n) is 8.03. The van der Waals surface area contributed by atoms with Crippen LogP contribution in [0.5, 0.6) is 11.5 Å². The summed E-state index contributed by atoms with van der Waals surface area (Å²) in [7, 11) is 3.97. The fourth-order valence-corrected chi connectivity index (χ4v) is 3.40. The highest BCUT2D eigenvalue weighted by Gasteiger charge is 2.13. The van der Waals surface area contributed by atoms with Crippen LogP contribution < -0.4 is 4.74 Å². The number of allylic oxidation sites excluding steroid dienone is 1. The van der Waals surface area contributed by atoms with Crippen molar-refractivity contribution in [3.8, 4) is 22.6 Å². The largest absolute Gasteiger partial charge is 0.508 e. The Morgan fingerprint density at radius 3 is 2.39 bits per heavy atom. The maximum Gasteiger partial charge on any atom is 0.189 e. The van der Waals surface area contributed by atoms with E-state index in [-0.39, 0.29) is 11.5 Å². The van der Waals surface area contributed by atoms with Crippen LogP contribution in [0.15, 0.2) is 66.7 Å². The quantitative estimate of drug-likeness (QED) is 0.389. The highest BCUT2D eigenvalue weighted by Crippen LogP contribution is 2.29. The van der Waals surface area contributed by atoms with Crippen molar-refractivity contribution in [2.24, 2.45) is 0 Å². The fraction of sp³-hybridized carbons (Fsp3) is 0.222. The Morgan fingerprint density at radius 1 is 0.968 bits per heavy atom. The number of ether oxygens (including phenoxy) is 1. The van der Waals surface area contributed by atoms with E-state index in [1.165, 1.54) is 17.2 Å². The molecular weight excluding hydrogens is 386 g/mol. The average Bonchev–Trinajstić information content (AvgIpc) is 2.71. The van der Waals surface area contributed by atoms with Gasteiger partial charge in [0.2, 0.25) is 0 Å². The molecule has 0 aliphatic rings. The SMILES string of the molecule is Cc1cc(C)cc(-c2ccc(OCCN(C)C)c(C(=O)C=Cc3cccc(O)c3)c2)c1. The number of hydrogen-bond donors (Lipinski definition) is 1. The summed E-state index contributed by atoms with van der Waals surface area (Å²) in [5.41, 5.74) is 5.68. The molecule has 0 fully saturated rings. The number of carbonyl (C=O) groups is 1. The zero-order chi connectivity index (χ0) is 22.4. The second kappa shape index (κ2) is 10.1. The Kier molecular flexibility index (Phi) is 7.27. The lowest BCUT2D eigenvalue weighted by atomic mass is 9.97. The molecule has 0 atom stereocenters. The van der Waals surface area contributed by atoms with Gasteiger partial charge in [-0.2, -0.15) is 0 Å². The minimum atomic E-state index is -0.144. The summed E-state index contributed by atoms with van der Waals surface area (Å²) in [6, 6.07) is 18.9. The minimum Gasteiger partial charge on any atom is -0.508 e. The molecule has 4 heteroatoms. The van der Waals surface area contributed by atoms with Crippen LogP contribution in [0, 0.1) is 13.8 Å². The van der Waals surface area contributed by atoms with Crippen LogP contribution in [0.25, 0.3) is 17.2 Å². The molecule has 0 aromatic heterocycles. The van der Waals surface area contributed by atoms with Crippen molar-refractivity contribution >= 4 is 11.9 Å². The number of carbonyl (C=O) groups excluding carboxylic acids is 1. The topological polar surface area (TPSA) is 49.8 Å². The molecule has 0 amide bonds. The summed E-state index contributed by atoms with van der Waals surface area (Å²) >= 11 is 0. The summed E-state index contributed by atoms with van der Waals surface area (Å²) in [5.74, 6) is 0.592. The predicted molar refractivity (Wildman–Crippen MR) is 127 cm³/mol. The third kappa shape index (κ3) is 6.30. The van der Waals surface area contributed by atoms with Crippen molar-refractivity contribution < 1.29 is 14.6 Å². The number of phenols is 1. The molecule has 31 heavy (non-hydrogen) atoms. The van der Waals surface area contributed by atoms with E-state index in [0.29, 0.717) is 17.9 Å². The molecule has 3 aromatic rings. The van der Waals surface area contributed by atoms with E-state index in [1.807, 2.05) is 43.3 Å². The molecule has 0 saturated carbocycles. The molecule has 0 unspecified atom stereocenters. The van der Waals surface area contributed by atoms with Gasteiger partial charge in [-0.3, -0.25) is 4.79 Å². The van der Waals surface area contributed by atoms with E-state index in [4.69, 9.17) is 4.74 Å². The summed E-state index contributed by atoms with van der Waals surface area (Å²) in [5, 5.41) is 9.65. The number of benzene rings is 3. The van der Waals surface area contributed by atoms with Crippen LogP contribution in [0.3, 0.4) is 0 Å². The van der Waals surface area contributed by atoms with Crippen LogP contribution in [-0.2, 0) is 0 Å². The highest BCUT2D eigenvalue weighted by atomic mass is 16.5. The highest BCUT2D eigenvalue weighted by molar-refractivity contribution is 6.09. The molecule has 0 aliphatic carbocycles. The smallest absolute Gasteiger partial charge is 0.189 e. The standard InChI is InChI=1S/C27H29NO3/c1-19-14-20(2)16-23(15-19)22-9-11-27(31-13-12-28(3)4)25(18-22)26(30)10-8-21-6-5-7-24(29)17-21/h5-11,14-18,29H,12-13H2,1-4H3. The van der Waals surface area contributed by atoms with Gasteiger partial charge in [0, 0.05) is 6.54 Å². The molecule has 0 aliphatic heterocycles. The molecule has 1 N–H and O–H groups in total. The molecule has 3 rings (SSSR count). The Labute approximate surface area is 184 Å². The van der Waals surface area contributed by atoms with Crippen molar-refractivity contribution in [3.05, 3.63) is 89.0 Å². The van der Waals surface area contributed by atoms with Crippen LogP contribution >= 0.6 is 0 Å². The van der Waals surface area contributed by atoms with Gasteiger partial charge >= 0.3 is 0 Å². The van der Waals surface area contributed by atoms with Gasteiger partial charge in [0.1, 0.15) is 18.1 Å². The third-order valence-corrected chi connectivity index (χ3v) is 4.89. The van der Waals surface area contributed by atoms with Gasteiger partial charge in [0.15, 0.2) is 5.78 Å². The maximum atomic E-state index is 13.1. The van der Waals surface area contributed by atoms with Gasteiger partial charge in [0.25, 0.3) is 0 Å². The van der Waals surface area contributed by atoms with Crippen LogP contribution in [0.4, 0.5) is 0 Å². The molecule has 3 aromatic carbocycles. The molecular formula is C27H29NO3. The number of ketones is 1. The Bertz CT molecular complexity index is 1080. The van der Waals surface area contributed by atoms with Gasteiger partial charge in [-0.15, -0.1) is 0 Å². The monoisotopic (exact) mass is 415 g/mol. The summed E-state index contributed by atoms with van der Waals surface area (Å²) in [6.45, 7) is 5.39. The first-order chi connectivity index (χ1) is 14.8. The lowest BCUT2D eigenvalue weighted by molar-refractivity contribution is 0.104. The molecule has 0 spiro atoms. The first kappa shape index (κ1) is 22.3. The maximum absolute atomic E-state index is 13.1. The fourth-order valence-electron chi connectivity index (χ4n) is 3.40. The van der Waals surface area contributed by atoms with E-state index in [9.17, 15) is 9.90 Å². The molecule has 0 heterocycles. The third-order valence-electron chi connectivity index (χ3n) is 4.89. The zero-order valence-corrected chi connectivity index (χ0v) is 18.6. The lowest BCUT2D eigenvalue weighted by Crippen LogP contribution is -2.20. The Morgan fingerprint density at radius 2 is 1.71 bits per heavy atom. The molecule has 4 nitrogen and oxygen atoms in total. The van der Waals surface area contributed by atoms with E-state index < -0.39 is 0 Å². The first-order valence-electron chi connectivity index (χ1n) is 10.3. The molecule has 0 radical (unpaired) electrons. The Balaban J connectivity index is 1.95. The number of hydrogen-bond acceptors (Lipinski definition) is 4. The normalized spacial score (nSPS) is 11.3. The van der Waals surface area contributed by atoms with Crippen LogP contribution in [0.2, 0.25) is 0 Å². The van der Waals surface area contributed by atoms with E-state index in [0.717, 1.165) is 23.2 Å². The summed E-state index contributed by atoms with van der Waals surface area (Å²) in [4.78, 5) is 15.1. The van der Waals surface area contributed by atoms with E-state index in [2.05, 4.69) is 32.0 Å². The number of aromatic hydroxyl groups is 1. The van der Waals surface area contributed by atoms with Gasteiger partial charge < -0.3 is 14.7 Å². The first-order valence-corrected chi connectivity index (χ1v) is 10.3. The van der Waals surface area contributed by atoms with Crippen molar-refractivity contribution in [1.82, 2.24) is 4.90 Å². The van der Waals surface area contributed by atoms with Gasteiger partial charge in [0.05, 0.1) is 5.56 Å². The van der Waals surface area contributed by atoms with Gasteiger partial charge in [-0.25, -0.2) is 0 Å². The number of likely N-dealkylation sites (N-methyl/N-ethyl adjacent to an activating group) is 1. The summed E-state index contributed by atoms with van der Waals surface area (Å²) < 4.78 is 5.94. The summed E-state index contributed by atoms with van der Waals surface area (Å²) in [6.07, 6.45) is 3.23. The van der Waals surface area contributed by atoms with Crippen LogP contribution in [-0.4, -0.2) is 43.0 Å². The van der Waals surface area contributed by atoms with Crippen LogP contribution in [0.1, 0.15) is 27.0 Å². The number of phenolic OH excluding ortho intramolecular Hbond substituents is 1. The van der Waals surface area contributed by atoms with Crippen molar-refractivity contribution in [2.75, 3.05) is 27.2 Å². The molecule has 160 valence electrons. The molecule has 0 bridgehead atoms. The van der Waals surface area contributed by atoms with Gasteiger partial charge in [-0.1, -0.05) is 53.6 Å². The van der Waals surface area contributed by atoms with Crippen molar-refractivity contribution in [2.45, 2.75) is 13.8 Å². The van der Waals surface area contributed by atoms with Crippen molar-refractivity contribution in [1.29, 1.82) is 0 Å². The van der Waals surface area contributed by atoms with Crippen molar-refractivity contribution in [3.63, 3.8) is 0 Å². The number of aryl methyl sites for hydroxylation is 2. The minimum absolute atomic E-state index is 0.144. The lowest BCUT2D eigenvalue weighted by Gasteiger charge is -2.14.